The Kier molecular flexibility index (Phi) is 13.0. The van der Waals surface area contributed by atoms with Gasteiger partial charge in [0.05, 0.1) is 0 Å². The van der Waals surface area contributed by atoms with Crippen LogP contribution in [0.5, 0.6) is 11.5 Å². The Balaban J connectivity index is 1.08. The minimum atomic E-state index is -0.476. The van der Waals surface area contributed by atoms with Crippen LogP contribution in [0.2, 0.25) is 0 Å². The van der Waals surface area contributed by atoms with Crippen molar-refractivity contribution in [2.24, 2.45) is 0 Å². The standard InChI is InChI=1S/C60H52N2O4/c1-9-59(63)65-57-31-23-49(37-43(57)7)47-21-29-55(41(5)35-47)61(53-15-11-13-39(3)33-53)51-25-17-45(18-26-51)46-19-27-52(28-20-46)62(54-16-12-14-40(4)34-54)56-30-22-48(36-42(56)6)50-24-32-58(44(8)38-50)66-60(64)10-2/h9-38H,1-2H2,3-8H3. The van der Waals surface area contributed by atoms with Crippen LogP contribution in [0.15, 0.2) is 195 Å². The lowest BCUT2D eigenvalue weighted by atomic mass is 9.99. The predicted molar refractivity (Wildman–Crippen MR) is 272 cm³/mol. The number of rotatable bonds is 13. The Morgan fingerprint density at radius 3 is 1.03 bits per heavy atom. The molecule has 66 heavy (non-hydrogen) atoms. The van der Waals surface area contributed by atoms with Crippen LogP contribution in [-0.2, 0) is 9.59 Å². The van der Waals surface area contributed by atoms with Crippen LogP contribution in [0.25, 0.3) is 33.4 Å². The van der Waals surface area contributed by atoms with E-state index in [9.17, 15) is 9.59 Å². The second kappa shape index (κ2) is 19.3. The highest BCUT2D eigenvalue weighted by atomic mass is 16.5. The number of carbonyl (C=O) groups is 2. The van der Waals surface area contributed by atoms with Gasteiger partial charge in [-0.15, -0.1) is 0 Å². The van der Waals surface area contributed by atoms with Crippen molar-refractivity contribution in [2.75, 3.05) is 9.80 Å². The fourth-order valence-corrected chi connectivity index (χ4v) is 8.35. The Labute approximate surface area is 388 Å². The number of hydrogen-bond donors (Lipinski definition) is 0. The minimum absolute atomic E-state index is 0.476. The lowest BCUT2D eigenvalue weighted by molar-refractivity contribution is -0.129. The average molecular weight is 865 g/mol. The number of esters is 2. The van der Waals surface area contributed by atoms with Crippen molar-refractivity contribution >= 4 is 46.1 Å². The van der Waals surface area contributed by atoms with Gasteiger partial charge in [-0.1, -0.05) is 86.0 Å². The summed E-state index contributed by atoms with van der Waals surface area (Å²) in [5, 5.41) is 0. The summed E-state index contributed by atoms with van der Waals surface area (Å²) < 4.78 is 10.8. The number of hydrogen-bond acceptors (Lipinski definition) is 6. The zero-order valence-corrected chi connectivity index (χ0v) is 38.3. The van der Waals surface area contributed by atoms with Crippen molar-refractivity contribution in [2.45, 2.75) is 41.5 Å². The first-order valence-electron chi connectivity index (χ1n) is 21.9. The van der Waals surface area contributed by atoms with Crippen molar-refractivity contribution < 1.29 is 19.1 Å². The Morgan fingerprint density at radius 2 is 0.712 bits per heavy atom. The maximum Gasteiger partial charge on any atom is 0.335 e. The lowest BCUT2D eigenvalue weighted by Crippen LogP contribution is -2.12. The lowest BCUT2D eigenvalue weighted by Gasteiger charge is -2.28. The third kappa shape index (κ3) is 9.64. The monoisotopic (exact) mass is 864 g/mol. The van der Waals surface area contributed by atoms with Gasteiger partial charge in [-0.05, 0) is 205 Å². The van der Waals surface area contributed by atoms with Crippen LogP contribution in [0.1, 0.15) is 33.4 Å². The highest BCUT2D eigenvalue weighted by molar-refractivity contribution is 5.86. The number of ether oxygens (including phenoxy) is 2. The molecule has 0 radical (unpaired) electrons. The fourth-order valence-electron chi connectivity index (χ4n) is 8.35. The van der Waals surface area contributed by atoms with Crippen LogP contribution in [0, 0.1) is 41.5 Å². The number of carbonyl (C=O) groups excluding carboxylic acids is 2. The van der Waals surface area contributed by atoms with E-state index >= 15 is 0 Å². The van der Waals surface area contributed by atoms with Crippen molar-refractivity contribution in [3.8, 4) is 44.9 Å². The van der Waals surface area contributed by atoms with E-state index in [4.69, 9.17) is 9.47 Å². The molecule has 6 heteroatoms. The molecule has 0 N–H and O–H groups in total. The Morgan fingerprint density at radius 1 is 0.379 bits per heavy atom. The number of aryl methyl sites for hydroxylation is 6. The van der Waals surface area contributed by atoms with E-state index in [1.807, 2.05) is 50.2 Å². The van der Waals surface area contributed by atoms with E-state index in [0.717, 1.165) is 89.8 Å². The van der Waals surface area contributed by atoms with Crippen molar-refractivity contribution in [1.82, 2.24) is 0 Å². The van der Waals surface area contributed by atoms with Crippen molar-refractivity contribution in [1.29, 1.82) is 0 Å². The molecule has 0 unspecified atom stereocenters. The molecule has 8 aromatic carbocycles. The first-order valence-corrected chi connectivity index (χ1v) is 21.9. The van der Waals surface area contributed by atoms with Crippen LogP contribution >= 0.6 is 0 Å². The van der Waals surface area contributed by atoms with Crippen LogP contribution < -0.4 is 19.3 Å². The molecule has 0 spiro atoms. The number of nitrogens with zero attached hydrogens (tertiary/aromatic N) is 2. The molecule has 0 amide bonds. The smallest absolute Gasteiger partial charge is 0.335 e. The molecule has 0 heterocycles. The van der Waals surface area contributed by atoms with Gasteiger partial charge in [0, 0.05) is 46.3 Å². The minimum Gasteiger partial charge on any atom is -0.423 e. The van der Waals surface area contributed by atoms with Gasteiger partial charge in [-0.2, -0.15) is 0 Å². The third-order valence-corrected chi connectivity index (χ3v) is 11.8. The molecule has 0 bridgehead atoms. The first-order chi connectivity index (χ1) is 31.9. The normalized spacial score (nSPS) is 10.8. The topological polar surface area (TPSA) is 59.1 Å². The zero-order valence-electron chi connectivity index (χ0n) is 38.3. The first kappa shape index (κ1) is 44.4. The molecule has 0 aliphatic heterocycles. The van der Waals surface area contributed by atoms with Crippen LogP contribution in [-0.4, -0.2) is 11.9 Å². The van der Waals surface area contributed by atoms with Gasteiger partial charge >= 0.3 is 11.9 Å². The van der Waals surface area contributed by atoms with Gasteiger partial charge < -0.3 is 19.3 Å². The van der Waals surface area contributed by atoms with Crippen LogP contribution in [0.3, 0.4) is 0 Å². The van der Waals surface area contributed by atoms with Crippen molar-refractivity contribution in [3.63, 3.8) is 0 Å². The summed E-state index contributed by atoms with van der Waals surface area (Å²) in [5.41, 5.74) is 19.2. The van der Waals surface area contributed by atoms with Gasteiger partial charge in [-0.3, -0.25) is 0 Å². The Bertz CT molecular complexity index is 2920. The molecule has 0 aliphatic rings. The summed E-state index contributed by atoms with van der Waals surface area (Å²) in [6.45, 7) is 19.4. The molecule has 0 fully saturated rings. The maximum absolute atomic E-state index is 11.8. The van der Waals surface area contributed by atoms with Gasteiger partial charge in [-0.25, -0.2) is 9.59 Å². The molecule has 0 aliphatic carbocycles. The summed E-state index contributed by atoms with van der Waals surface area (Å²) in [7, 11) is 0. The van der Waals surface area contributed by atoms with Gasteiger partial charge in [0.25, 0.3) is 0 Å². The SMILES string of the molecule is C=CC(=O)Oc1ccc(-c2ccc(N(c3ccc(-c4ccc(N(c5cccc(C)c5)c5ccc(-c6ccc(OC(=O)C=C)c(C)c6)cc5C)cc4)cc3)c3cccc(C)c3)c(C)c2)cc1C. The van der Waals surface area contributed by atoms with E-state index < -0.39 is 11.9 Å². The van der Waals surface area contributed by atoms with Gasteiger partial charge in [0.15, 0.2) is 0 Å². The van der Waals surface area contributed by atoms with Crippen molar-refractivity contribution in [3.05, 3.63) is 229 Å². The Hall–Kier alpha value is -8.22. The van der Waals surface area contributed by atoms with Gasteiger partial charge in [0.1, 0.15) is 11.5 Å². The number of benzene rings is 8. The molecule has 326 valence electrons. The summed E-state index contributed by atoms with van der Waals surface area (Å²) in [6.07, 6.45) is 2.34. The molecule has 0 saturated heterocycles. The summed E-state index contributed by atoms with van der Waals surface area (Å²) in [5.74, 6) is 0.0947. The second-order valence-corrected chi connectivity index (χ2v) is 16.7. The van der Waals surface area contributed by atoms with E-state index in [0.29, 0.717) is 11.5 Å². The molecule has 6 nitrogen and oxygen atoms in total. The van der Waals surface area contributed by atoms with Crippen LogP contribution in [0.4, 0.5) is 34.1 Å². The largest absolute Gasteiger partial charge is 0.423 e. The zero-order chi connectivity index (χ0) is 46.5. The highest BCUT2D eigenvalue weighted by Gasteiger charge is 2.19. The number of anilines is 6. The molecule has 8 aromatic rings. The summed E-state index contributed by atoms with van der Waals surface area (Å²) >= 11 is 0. The molecular formula is C60H52N2O4. The predicted octanol–water partition coefficient (Wildman–Crippen LogP) is 15.7. The van der Waals surface area contributed by atoms with E-state index in [1.165, 1.54) is 23.3 Å². The van der Waals surface area contributed by atoms with E-state index in [2.05, 4.69) is 184 Å². The second-order valence-electron chi connectivity index (χ2n) is 16.7. The third-order valence-electron chi connectivity index (χ3n) is 11.8. The fraction of sp³-hybridized carbons (Fsp3) is 0.100. The molecule has 8 rings (SSSR count). The molecule has 0 atom stereocenters. The quantitative estimate of drug-likeness (QED) is 0.0654. The maximum atomic E-state index is 11.8. The van der Waals surface area contributed by atoms with E-state index in [1.54, 1.807) is 0 Å². The van der Waals surface area contributed by atoms with Gasteiger partial charge in [0.2, 0.25) is 0 Å². The molecular weight excluding hydrogens is 813 g/mol. The van der Waals surface area contributed by atoms with E-state index in [-0.39, 0.29) is 0 Å². The molecule has 0 saturated carbocycles. The summed E-state index contributed by atoms with van der Waals surface area (Å²) in [4.78, 5) is 28.3. The highest BCUT2D eigenvalue weighted by Crippen LogP contribution is 2.42. The summed E-state index contributed by atoms with van der Waals surface area (Å²) in [6, 6.07) is 59.5. The molecule has 0 aromatic heterocycles. The average Bonchev–Trinajstić information content (AvgIpc) is 3.32.